The third-order valence-electron chi connectivity index (χ3n) is 11.7. The lowest BCUT2D eigenvalue weighted by Crippen LogP contribution is -2.51. The van der Waals surface area contributed by atoms with E-state index in [4.69, 9.17) is 0 Å². The first-order chi connectivity index (χ1) is 21.4. The minimum Gasteiger partial charge on any atom is -0.337 e. The molecule has 1 fully saturated rings. The molecule has 0 N–H and O–H groups in total. The number of fused-ring (bicyclic) bond motifs is 9. The Morgan fingerprint density at radius 3 is 2.43 bits per heavy atom. The van der Waals surface area contributed by atoms with Crippen molar-refractivity contribution in [3.8, 4) is 5.69 Å². The first-order valence-electron chi connectivity index (χ1n) is 16.5. The summed E-state index contributed by atoms with van der Waals surface area (Å²) in [6, 6.07) is 30.4. The molecule has 1 aliphatic heterocycles. The van der Waals surface area contributed by atoms with Gasteiger partial charge >= 0.3 is 0 Å². The van der Waals surface area contributed by atoms with Crippen molar-refractivity contribution in [3.63, 3.8) is 0 Å². The van der Waals surface area contributed by atoms with Crippen LogP contribution in [0, 0.1) is 30.1 Å². The first kappa shape index (κ1) is 26.6. The van der Waals surface area contributed by atoms with Crippen LogP contribution in [0.15, 0.2) is 102 Å². The fourth-order valence-corrected chi connectivity index (χ4v) is 10.7. The van der Waals surface area contributed by atoms with Crippen molar-refractivity contribution < 1.29 is 0 Å². The molecule has 0 bridgehead atoms. The molecule has 4 aromatic carbocycles. The van der Waals surface area contributed by atoms with Gasteiger partial charge in [0.15, 0.2) is 0 Å². The summed E-state index contributed by atoms with van der Waals surface area (Å²) in [4.78, 5) is 2.77. The number of hydrogen-bond acceptors (Lipinski definition) is 2. The Balaban J connectivity index is 1.29. The first-order valence-corrected chi connectivity index (χ1v) is 17.3. The highest BCUT2D eigenvalue weighted by atomic mass is 32.1. The zero-order valence-electron chi connectivity index (χ0n) is 26.4. The van der Waals surface area contributed by atoms with Gasteiger partial charge in [-0.2, -0.15) is 0 Å². The number of benzene rings is 4. The summed E-state index contributed by atoms with van der Waals surface area (Å²) in [5.74, 6) is 1.96. The quantitative estimate of drug-likeness (QED) is 0.194. The molecular formula is C41H40N2S. The largest absolute Gasteiger partial charge is 0.337 e. The Hall–Kier alpha value is -3.82. The van der Waals surface area contributed by atoms with E-state index >= 15 is 0 Å². The summed E-state index contributed by atoms with van der Waals surface area (Å²) in [5, 5.41) is 5.48. The molecule has 0 radical (unpaired) electrons. The lowest BCUT2D eigenvalue weighted by Gasteiger charge is -2.50. The van der Waals surface area contributed by atoms with Gasteiger partial charge in [0.1, 0.15) is 0 Å². The summed E-state index contributed by atoms with van der Waals surface area (Å²) in [6.45, 7) is 12.3. The maximum absolute atomic E-state index is 2.77. The van der Waals surface area contributed by atoms with Gasteiger partial charge in [-0.1, -0.05) is 70.2 Å². The molecule has 1 saturated carbocycles. The number of para-hydroxylation sites is 1. The van der Waals surface area contributed by atoms with Crippen LogP contribution >= 0.6 is 11.3 Å². The van der Waals surface area contributed by atoms with E-state index < -0.39 is 0 Å². The van der Waals surface area contributed by atoms with Gasteiger partial charge in [0.2, 0.25) is 0 Å². The predicted octanol–water partition coefficient (Wildman–Crippen LogP) is 11.6. The SMILES string of the molecule is Cc1ccc2c3c4c(ccc3n(-c3ccccc3)c2c1)sc1cc(N2C3=C(C(C)CC=C3)C3(C)C(C)CCC(C)C23)ccc14. The molecule has 3 aliphatic rings. The van der Waals surface area contributed by atoms with E-state index in [9.17, 15) is 0 Å². The molecule has 220 valence electrons. The van der Waals surface area contributed by atoms with Gasteiger partial charge in [0.25, 0.3) is 0 Å². The second-order valence-electron chi connectivity index (χ2n) is 14.2. The molecular weight excluding hydrogens is 553 g/mol. The van der Waals surface area contributed by atoms with Crippen LogP contribution in [0.2, 0.25) is 0 Å². The number of aromatic nitrogens is 1. The fourth-order valence-electron chi connectivity index (χ4n) is 9.59. The summed E-state index contributed by atoms with van der Waals surface area (Å²) >= 11 is 1.96. The third kappa shape index (κ3) is 3.42. The number of hydrogen-bond donors (Lipinski definition) is 0. The maximum Gasteiger partial charge on any atom is 0.0548 e. The standard InChI is InChI=1S/C41H40N2S/c1-24-14-18-30-34(22-24)42(28-11-7-6-8-12-28)32-20-21-35-38(37(30)32)31-19-17-29(23-36(31)44-35)43-33-13-9-10-25(2)39(33)41(5)27(4)16-15-26(3)40(41)43/h6-9,11-14,17-23,25-27,40H,10,15-16H2,1-5H3. The van der Waals surface area contributed by atoms with Crippen LogP contribution in [-0.2, 0) is 0 Å². The molecule has 2 aliphatic carbocycles. The van der Waals surface area contributed by atoms with Gasteiger partial charge < -0.3 is 9.47 Å². The van der Waals surface area contributed by atoms with Gasteiger partial charge in [-0.3, -0.25) is 0 Å². The zero-order valence-corrected chi connectivity index (χ0v) is 27.2. The normalized spacial score (nSPS) is 26.8. The second kappa shape index (κ2) is 9.34. The van der Waals surface area contributed by atoms with Crippen LogP contribution in [0.4, 0.5) is 5.69 Å². The average Bonchev–Trinajstić information content (AvgIpc) is 3.65. The highest BCUT2D eigenvalue weighted by molar-refractivity contribution is 7.26. The number of allylic oxidation sites excluding steroid dienone is 2. The molecule has 0 spiro atoms. The van der Waals surface area contributed by atoms with E-state index in [1.165, 1.54) is 77.5 Å². The molecule has 0 amide bonds. The van der Waals surface area contributed by atoms with Crippen molar-refractivity contribution >= 4 is 59.0 Å². The molecule has 5 unspecified atom stereocenters. The summed E-state index contributed by atoms with van der Waals surface area (Å²) < 4.78 is 5.21. The van der Waals surface area contributed by atoms with E-state index in [1.807, 2.05) is 11.3 Å². The van der Waals surface area contributed by atoms with Crippen LogP contribution in [0.5, 0.6) is 0 Å². The number of anilines is 1. The molecule has 44 heavy (non-hydrogen) atoms. The maximum atomic E-state index is 2.77. The number of thiophene rings is 1. The van der Waals surface area contributed by atoms with Crippen LogP contribution in [-0.4, -0.2) is 10.6 Å². The van der Waals surface area contributed by atoms with E-state index in [-0.39, 0.29) is 5.41 Å². The topological polar surface area (TPSA) is 8.17 Å². The number of nitrogens with zero attached hydrogens (tertiary/aromatic N) is 2. The molecule has 3 heterocycles. The minimum absolute atomic E-state index is 0.218. The van der Waals surface area contributed by atoms with E-state index in [2.05, 4.69) is 135 Å². The lowest BCUT2D eigenvalue weighted by atomic mass is 9.57. The van der Waals surface area contributed by atoms with Gasteiger partial charge in [-0.05, 0) is 104 Å². The van der Waals surface area contributed by atoms with Gasteiger partial charge in [-0.25, -0.2) is 0 Å². The van der Waals surface area contributed by atoms with Crippen molar-refractivity contribution in [2.45, 2.75) is 59.9 Å². The van der Waals surface area contributed by atoms with E-state index in [1.54, 1.807) is 5.57 Å². The molecule has 3 heteroatoms. The Morgan fingerprint density at radius 1 is 0.773 bits per heavy atom. The Bertz CT molecular complexity index is 2190. The van der Waals surface area contributed by atoms with Crippen LogP contribution in [0.1, 0.15) is 52.5 Å². The minimum atomic E-state index is 0.218. The summed E-state index contributed by atoms with van der Waals surface area (Å²) in [7, 11) is 0. The monoisotopic (exact) mass is 592 g/mol. The van der Waals surface area contributed by atoms with Gasteiger partial charge in [0.05, 0.1) is 11.0 Å². The van der Waals surface area contributed by atoms with Crippen molar-refractivity contribution in [3.05, 3.63) is 108 Å². The number of rotatable bonds is 2. The molecule has 9 rings (SSSR count). The molecule has 2 nitrogen and oxygen atoms in total. The molecule has 5 atom stereocenters. The lowest BCUT2D eigenvalue weighted by molar-refractivity contribution is 0.103. The third-order valence-corrected chi connectivity index (χ3v) is 12.8. The smallest absolute Gasteiger partial charge is 0.0548 e. The highest BCUT2D eigenvalue weighted by Crippen LogP contribution is 2.61. The van der Waals surface area contributed by atoms with Gasteiger partial charge in [0, 0.05) is 59.5 Å². The Labute approximate surface area is 264 Å². The van der Waals surface area contributed by atoms with Gasteiger partial charge in [-0.15, -0.1) is 11.3 Å². The Morgan fingerprint density at radius 2 is 1.59 bits per heavy atom. The van der Waals surface area contributed by atoms with Crippen LogP contribution < -0.4 is 4.90 Å². The predicted molar refractivity (Wildman–Crippen MR) is 190 cm³/mol. The molecule has 2 aromatic heterocycles. The van der Waals surface area contributed by atoms with Crippen molar-refractivity contribution in [1.82, 2.24) is 4.57 Å². The number of aryl methyl sites for hydroxylation is 1. The van der Waals surface area contributed by atoms with Crippen molar-refractivity contribution in [2.75, 3.05) is 4.90 Å². The van der Waals surface area contributed by atoms with Crippen molar-refractivity contribution in [2.24, 2.45) is 23.2 Å². The van der Waals surface area contributed by atoms with E-state index in [0.29, 0.717) is 23.8 Å². The summed E-state index contributed by atoms with van der Waals surface area (Å²) in [6.07, 6.45) is 8.68. The Kier molecular flexibility index (Phi) is 5.64. The zero-order chi connectivity index (χ0) is 29.9. The van der Waals surface area contributed by atoms with Crippen LogP contribution in [0.3, 0.4) is 0 Å². The second-order valence-corrected chi connectivity index (χ2v) is 15.3. The molecule has 6 aromatic rings. The highest BCUT2D eigenvalue weighted by Gasteiger charge is 2.57. The molecule has 0 saturated heterocycles. The van der Waals surface area contributed by atoms with Crippen LogP contribution in [0.25, 0.3) is 47.7 Å². The van der Waals surface area contributed by atoms with Crippen molar-refractivity contribution in [1.29, 1.82) is 0 Å². The fraction of sp³-hybridized carbons (Fsp3) is 0.317. The van der Waals surface area contributed by atoms with E-state index in [0.717, 1.165) is 6.42 Å². The average molecular weight is 593 g/mol. The summed E-state index contributed by atoms with van der Waals surface area (Å²) in [5.41, 5.74) is 9.85.